The van der Waals surface area contributed by atoms with Gasteiger partial charge < -0.3 is 9.11 Å². The van der Waals surface area contributed by atoms with Crippen LogP contribution in [0.3, 0.4) is 0 Å². The van der Waals surface area contributed by atoms with Crippen molar-refractivity contribution >= 4 is 20.2 Å². The summed E-state index contributed by atoms with van der Waals surface area (Å²) in [5, 5.41) is 0. The lowest BCUT2D eigenvalue weighted by Gasteiger charge is -2.33. The van der Waals surface area contributed by atoms with Gasteiger partial charge in [0.05, 0.1) is 9.79 Å². The van der Waals surface area contributed by atoms with Crippen LogP contribution in [0.1, 0.15) is 207 Å². The Morgan fingerprint density at radius 1 is 0.489 bits per heavy atom. The van der Waals surface area contributed by atoms with E-state index in [2.05, 4.69) is 26.0 Å². The van der Waals surface area contributed by atoms with Gasteiger partial charge in [0.25, 0.3) is 0 Å². The van der Waals surface area contributed by atoms with Gasteiger partial charge in [-0.15, -0.1) is 0 Å². The lowest BCUT2D eigenvalue weighted by atomic mass is 9.76. The maximum absolute atomic E-state index is 12.5. The first-order chi connectivity index (χ1) is 22.1. The SMILES string of the molecule is CC(C)c1cc(C(C)C)c(S(=O)(=O)[O-])c(C(C)C)c1.O=S(=O)([O-])c1c(C2CCCCC2)cc(C2CCCCC2)cc1C1CCCCC1. The van der Waals surface area contributed by atoms with Crippen LogP contribution in [-0.4, -0.2) is 25.9 Å². The van der Waals surface area contributed by atoms with E-state index in [9.17, 15) is 25.9 Å². The fourth-order valence-electron chi connectivity index (χ4n) is 8.27. The Hall–Kier alpha value is -1.74. The average Bonchev–Trinajstić information content (AvgIpc) is 3.04. The molecule has 0 N–H and O–H groups in total. The van der Waals surface area contributed by atoms with E-state index >= 15 is 0 Å². The molecule has 0 aromatic heterocycles. The van der Waals surface area contributed by atoms with Gasteiger partial charge >= 0.3 is 0 Å². The first-order valence-electron chi connectivity index (χ1n) is 18.4. The van der Waals surface area contributed by atoms with Crippen LogP contribution in [0.4, 0.5) is 0 Å². The van der Waals surface area contributed by atoms with Gasteiger partial charge in [-0.05, 0) is 107 Å². The van der Waals surface area contributed by atoms with E-state index in [1.807, 2.05) is 39.8 Å². The Bertz CT molecular complexity index is 1490. The highest BCUT2D eigenvalue weighted by Gasteiger charge is 2.30. The third kappa shape index (κ3) is 9.70. The topological polar surface area (TPSA) is 114 Å². The molecule has 0 spiro atoms. The second-order valence-electron chi connectivity index (χ2n) is 15.4. The van der Waals surface area contributed by atoms with E-state index in [0.29, 0.717) is 23.0 Å². The Morgan fingerprint density at radius 3 is 1.13 bits per heavy atom. The summed E-state index contributed by atoms with van der Waals surface area (Å²) in [6.07, 6.45) is 17.4. The van der Waals surface area contributed by atoms with Crippen LogP contribution in [0.2, 0.25) is 0 Å². The minimum atomic E-state index is -4.46. The molecule has 8 heteroatoms. The van der Waals surface area contributed by atoms with Crippen molar-refractivity contribution in [1.82, 2.24) is 0 Å². The molecule has 3 aliphatic rings. The molecule has 0 saturated heterocycles. The molecule has 3 aliphatic carbocycles. The van der Waals surface area contributed by atoms with E-state index in [0.717, 1.165) is 68.1 Å². The van der Waals surface area contributed by atoms with E-state index in [-0.39, 0.29) is 33.5 Å². The lowest BCUT2D eigenvalue weighted by Crippen LogP contribution is -2.18. The van der Waals surface area contributed by atoms with Gasteiger partial charge in [-0.1, -0.05) is 124 Å². The zero-order chi connectivity index (χ0) is 34.5. The maximum Gasteiger partial charge on any atom is 0.124 e. The number of hydrogen-bond donors (Lipinski definition) is 0. The Balaban J connectivity index is 0.000000231. The van der Waals surface area contributed by atoms with Gasteiger partial charge in [-0.25, -0.2) is 16.8 Å². The van der Waals surface area contributed by atoms with Gasteiger partial charge in [0, 0.05) is 0 Å². The van der Waals surface area contributed by atoms with Gasteiger partial charge in [-0.3, -0.25) is 0 Å². The third-order valence-corrected chi connectivity index (χ3v) is 12.9. The zero-order valence-corrected chi connectivity index (χ0v) is 31.3. The predicted molar refractivity (Wildman–Crippen MR) is 189 cm³/mol. The highest BCUT2D eigenvalue weighted by molar-refractivity contribution is 7.86. The van der Waals surface area contributed by atoms with Gasteiger partial charge in [0.1, 0.15) is 20.2 Å². The first-order valence-corrected chi connectivity index (χ1v) is 21.2. The highest BCUT2D eigenvalue weighted by atomic mass is 32.2. The molecule has 47 heavy (non-hydrogen) atoms. The average molecular weight is 687 g/mol. The molecule has 5 rings (SSSR count). The maximum atomic E-state index is 12.5. The fourth-order valence-corrected chi connectivity index (χ4v) is 10.5. The smallest absolute Gasteiger partial charge is 0.124 e. The highest BCUT2D eigenvalue weighted by Crippen LogP contribution is 2.45. The molecular weight excluding hydrogens is 629 g/mol. The molecule has 0 amide bonds. The van der Waals surface area contributed by atoms with Gasteiger partial charge in [0.2, 0.25) is 0 Å². The predicted octanol–water partition coefficient (Wildman–Crippen LogP) is 10.7. The Morgan fingerprint density at radius 2 is 0.830 bits per heavy atom. The molecule has 2 aromatic rings. The number of rotatable bonds is 8. The van der Waals surface area contributed by atoms with E-state index in [1.165, 1.54) is 50.5 Å². The van der Waals surface area contributed by atoms with Crippen LogP contribution in [0.5, 0.6) is 0 Å². The van der Waals surface area contributed by atoms with E-state index in [4.69, 9.17) is 0 Å². The molecule has 0 aliphatic heterocycles. The second kappa shape index (κ2) is 16.3. The standard InChI is InChI=1S/C24H36O3S.C15H24O3S/c25-28(26,27)24-22(19-12-6-2-7-13-19)16-21(18-10-4-1-5-11-18)17-23(24)20-14-8-3-9-15-20;1-9(2)12-7-13(10(3)4)15(19(16,17)18)14(8-12)11(5)6/h16-20H,1-15H2,(H,25,26,27);7-11H,1-6H3,(H,16,17,18)/p-2. The minimum Gasteiger partial charge on any atom is -0.744 e. The summed E-state index contributed by atoms with van der Waals surface area (Å²) in [6.45, 7) is 11.8. The van der Waals surface area contributed by atoms with E-state index < -0.39 is 20.2 Å². The summed E-state index contributed by atoms with van der Waals surface area (Å²) in [5.74, 6) is 1.36. The fraction of sp³-hybridized carbons (Fsp3) is 0.692. The molecule has 0 heterocycles. The van der Waals surface area contributed by atoms with Crippen molar-refractivity contribution in [2.24, 2.45) is 0 Å². The van der Waals surface area contributed by atoms with Gasteiger partial charge in [-0.2, -0.15) is 0 Å². The zero-order valence-electron chi connectivity index (χ0n) is 29.6. The van der Waals surface area contributed by atoms with Crippen LogP contribution in [-0.2, 0) is 20.2 Å². The van der Waals surface area contributed by atoms with Crippen molar-refractivity contribution < 1.29 is 25.9 Å². The quantitative estimate of drug-likeness (QED) is 0.255. The largest absolute Gasteiger partial charge is 0.744 e. The number of hydrogen-bond acceptors (Lipinski definition) is 6. The molecule has 2 aromatic carbocycles. The molecule has 3 saturated carbocycles. The van der Waals surface area contributed by atoms with E-state index in [1.54, 1.807) is 0 Å². The van der Waals surface area contributed by atoms with Crippen molar-refractivity contribution in [2.75, 3.05) is 0 Å². The molecule has 6 nitrogen and oxygen atoms in total. The third-order valence-electron chi connectivity index (χ3n) is 10.9. The molecule has 0 unspecified atom stereocenters. The summed E-state index contributed by atoms with van der Waals surface area (Å²) < 4.78 is 72.3. The molecular formula is C39H58O6S2-2. The molecule has 0 atom stereocenters. The summed E-state index contributed by atoms with van der Waals surface area (Å²) in [7, 11) is -8.91. The van der Waals surface area contributed by atoms with Crippen LogP contribution in [0.15, 0.2) is 34.1 Å². The number of benzene rings is 2. The summed E-state index contributed by atoms with van der Waals surface area (Å²) in [6, 6.07) is 8.05. The Kier molecular flexibility index (Phi) is 13.2. The molecule has 3 fully saturated rings. The minimum absolute atomic E-state index is 0.00919. The van der Waals surface area contributed by atoms with Crippen molar-refractivity contribution in [3.63, 3.8) is 0 Å². The summed E-state index contributed by atoms with van der Waals surface area (Å²) in [4.78, 5) is 0.174. The van der Waals surface area contributed by atoms with Crippen molar-refractivity contribution in [3.05, 3.63) is 57.6 Å². The van der Waals surface area contributed by atoms with Gasteiger partial charge in [0.15, 0.2) is 0 Å². The van der Waals surface area contributed by atoms with Crippen LogP contribution in [0, 0.1) is 0 Å². The van der Waals surface area contributed by atoms with Crippen LogP contribution in [0.25, 0.3) is 0 Å². The van der Waals surface area contributed by atoms with Crippen molar-refractivity contribution in [3.8, 4) is 0 Å². The lowest BCUT2D eigenvalue weighted by molar-refractivity contribution is 0.411. The van der Waals surface area contributed by atoms with Crippen molar-refractivity contribution in [2.45, 2.75) is 183 Å². The van der Waals surface area contributed by atoms with Crippen LogP contribution < -0.4 is 0 Å². The first kappa shape index (κ1) is 38.1. The molecule has 264 valence electrons. The van der Waals surface area contributed by atoms with Crippen LogP contribution >= 0.6 is 0 Å². The molecule has 0 bridgehead atoms. The van der Waals surface area contributed by atoms with Crippen molar-refractivity contribution in [1.29, 1.82) is 0 Å². The summed E-state index contributed by atoms with van der Waals surface area (Å²) in [5.41, 5.74) is 5.47. The second-order valence-corrected chi connectivity index (χ2v) is 18.1. The monoisotopic (exact) mass is 686 g/mol. The normalized spacial score (nSPS) is 19.3. The Labute approximate surface area is 286 Å². The summed E-state index contributed by atoms with van der Waals surface area (Å²) >= 11 is 0. The molecule has 0 radical (unpaired) electrons.